The number of rotatable bonds is 5. The number of nitrogens with zero attached hydrogens (tertiary/aromatic N) is 2. The summed E-state index contributed by atoms with van der Waals surface area (Å²) in [5.74, 6) is 0.862. The van der Waals surface area contributed by atoms with E-state index in [4.69, 9.17) is 14.2 Å². The summed E-state index contributed by atoms with van der Waals surface area (Å²) in [7, 11) is 1.54. The largest absolute Gasteiger partial charge is 0.493 e. The summed E-state index contributed by atoms with van der Waals surface area (Å²) in [6.45, 7) is 6.15. The average molecular weight is 594 g/mol. The van der Waals surface area contributed by atoms with Crippen molar-refractivity contribution in [1.82, 2.24) is 25.7 Å². The normalized spacial score (nSPS) is 20.1. The molecule has 2 atom stereocenters. The molecule has 5 rings (SSSR count). The summed E-state index contributed by atoms with van der Waals surface area (Å²) in [4.78, 5) is 28.0. The van der Waals surface area contributed by atoms with Crippen molar-refractivity contribution < 1.29 is 28.2 Å². The van der Waals surface area contributed by atoms with Crippen LogP contribution in [0.5, 0.6) is 17.2 Å². The topological polar surface area (TPSA) is 118 Å². The summed E-state index contributed by atoms with van der Waals surface area (Å²) in [6, 6.07) is 11.6. The van der Waals surface area contributed by atoms with Crippen LogP contribution >= 0.6 is 0 Å². The molecule has 3 aromatic rings. The molecule has 0 aliphatic carbocycles. The SMILES string of the molecule is COc1ccc2cc1OCC(=O)N[C@@H]1CN(Cc3cc(CC(C)C)n[nH]3)CC[C@H]1Oc1cc(F)cc(c1)CNC(=O)CC2. The third-order valence-corrected chi connectivity index (χ3v) is 7.61. The van der Waals surface area contributed by atoms with Gasteiger partial charge in [-0.3, -0.25) is 19.6 Å². The third kappa shape index (κ3) is 8.47. The molecule has 1 fully saturated rings. The van der Waals surface area contributed by atoms with Crippen molar-refractivity contribution in [3.05, 3.63) is 70.8 Å². The van der Waals surface area contributed by atoms with Gasteiger partial charge in [0.2, 0.25) is 5.91 Å². The summed E-state index contributed by atoms with van der Waals surface area (Å²) in [5.41, 5.74) is 3.50. The lowest BCUT2D eigenvalue weighted by Crippen LogP contribution is -2.57. The van der Waals surface area contributed by atoms with Crippen molar-refractivity contribution in [3.8, 4) is 17.2 Å². The van der Waals surface area contributed by atoms with Gasteiger partial charge in [-0.1, -0.05) is 19.9 Å². The maximum absolute atomic E-state index is 14.6. The van der Waals surface area contributed by atoms with Gasteiger partial charge in [0.25, 0.3) is 5.91 Å². The van der Waals surface area contributed by atoms with Crippen molar-refractivity contribution in [2.75, 3.05) is 26.8 Å². The summed E-state index contributed by atoms with van der Waals surface area (Å²) in [6.07, 6.45) is 1.81. The Morgan fingerprint density at radius 1 is 1.09 bits per heavy atom. The van der Waals surface area contributed by atoms with E-state index < -0.39 is 11.9 Å². The molecule has 3 N–H and O–H groups in total. The molecule has 4 bridgehead atoms. The number of ether oxygens (including phenoxy) is 3. The minimum Gasteiger partial charge on any atom is -0.493 e. The lowest BCUT2D eigenvalue weighted by Gasteiger charge is -2.38. The van der Waals surface area contributed by atoms with Crippen molar-refractivity contribution >= 4 is 11.8 Å². The molecule has 2 aliphatic rings. The second-order valence-corrected chi connectivity index (χ2v) is 11.7. The molecule has 1 saturated heterocycles. The fourth-order valence-corrected chi connectivity index (χ4v) is 5.57. The number of methoxy groups -OCH3 is 1. The van der Waals surface area contributed by atoms with Crippen molar-refractivity contribution in [1.29, 1.82) is 0 Å². The van der Waals surface area contributed by atoms with Crippen LogP contribution in [-0.2, 0) is 35.5 Å². The van der Waals surface area contributed by atoms with Crippen LogP contribution < -0.4 is 24.8 Å². The zero-order chi connectivity index (χ0) is 30.3. The molecular weight excluding hydrogens is 553 g/mol. The predicted molar refractivity (Wildman–Crippen MR) is 158 cm³/mol. The van der Waals surface area contributed by atoms with Gasteiger partial charge < -0.3 is 24.8 Å². The molecule has 11 heteroatoms. The van der Waals surface area contributed by atoms with Gasteiger partial charge in [-0.15, -0.1) is 0 Å². The number of piperidine rings is 1. The first-order valence-corrected chi connectivity index (χ1v) is 14.8. The Labute approximate surface area is 251 Å². The van der Waals surface area contributed by atoms with Crippen LogP contribution in [0.3, 0.4) is 0 Å². The Bertz CT molecular complexity index is 1430. The zero-order valence-electron chi connectivity index (χ0n) is 25.0. The summed E-state index contributed by atoms with van der Waals surface area (Å²) in [5, 5.41) is 13.6. The average Bonchev–Trinajstić information content (AvgIpc) is 3.40. The first-order chi connectivity index (χ1) is 20.7. The molecule has 0 spiro atoms. The van der Waals surface area contributed by atoms with E-state index in [1.54, 1.807) is 18.2 Å². The number of benzene rings is 2. The molecule has 2 aromatic carbocycles. The Hall–Kier alpha value is -4.12. The van der Waals surface area contributed by atoms with Gasteiger partial charge in [0, 0.05) is 44.4 Å². The van der Waals surface area contributed by atoms with Gasteiger partial charge in [-0.05, 0) is 66.6 Å². The van der Waals surface area contributed by atoms with E-state index in [9.17, 15) is 14.0 Å². The lowest BCUT2D eigenvalue weighted by atomic mass is 10.0. The van der Waals surface area contributed by atoms with Crippen LogP contribution in [0.1, 0.15) is 49.2 Å². The molecule has 2 amide bonds. The maximum Gasteiger partial charge on any atom is 0.258 e. The number of aryl methyl sites for hydroxylation is 1. The van der Waals surface area contributed by atoms with E-state index in [2.05, 4.69) is 45.6 Å². The molecule has 1 aromatic heterocycles. The van der Waals surface area contributed by atoms with Crippen LogP contribution in [0.25, 0.3) is 0 Å². The Balaban J connectivity index is 1.36. The number of hydrogen-bond acceptors (Lipinski definition) is 7. The molecule has 0 saturated carbocycles. The van der Waals surface area contributed by atoms with E-state index in [0.29, 0.717) is 61.2 Å². The lowest BCUT2D eigenvalue weighted by molar-refractivity contribution is -0.125. The van der Waals surface area contributed by atoms with Gasteiger partial charge in [-0.2, -0.15) is 5.10 Å². The number of likely N-dealkylation sites (tertiary alicyclic amines) is 1. The molecule has 43 heavy (non-hydrogen) atoms. The number of H-pyrrole nitrogens is 1. The van der Waals surface area contributed by atoms with Gasteiger partial charge >= 0.3 is 0 Å². The maximum atomic E-state index is 14.6. The molecule has 10 nitrogen and oxygen atoms in total. The minimum absolute atomic E-state index is 0.161. The fraction of sp³-hybridized carbons (Fsp3) is 0.469. The van der Waals surface area contributed by atoms with E-state index in [1.165, 1.54) is 19.2 Å². The highest BCUT2D eigenvalue weighted by Gasteiger charge is 2.33. The number of hydrogen-bond donors (Lipinski definition) is 3. The fourth-order valence-electron chi connectivity index (χ4n) is 5.57. The number of carbonyl (C=O) groups is 2. The van der Waals surface area contributed by atoms with Gasteiger partial charge in [0.15, 0.2) is 18.1 Å². The number of amides is 2. The molecule has 2 aliphatic heterocycles. The van der Waals surface area contributed by atoms with Crippen LogP contribution in [0.2, 0.25) is 0 Å². The number of aromatic amines is 1. The van der Waals surface area contributed by atoms with Crippen LogP contribution in [0, 0.1) is 11.7 Å². The smallest absolute Gasteiger partial charge is 0.258 e. The number of fused-ring (bicyclic) bond motifs is 5. The van der Waals surface area contributed by atoms with Crippen molar-refractivity contribution in [2.24, 2.45) is 5.92 Å². The van der Waals surface area contributed by atoms with Crippen LogP contribution in [-0.4, -0.2) is 65.9 Å². The van der Waals surface area contributed by atoms with E-state index in [0.717, 1.165) is 23.4 Å². The zero-order valence-corrected chi connectivity index (χ0v) is 25.0. The van der Waals surface area contributed by atoms with E-state index in [1.807, 2.05) is 6.07 Å². The number of halogens is 1. The second-order valence-electron chi connectivity index (χ2n) is 11.7. The van der Waals surface area contributed by atoms with Gasteiger partial charge in [-0.25, -0.2) is 4.39 Å². The number of carbonyl (C=O) groups excluding carboxylic acids is 2. The van der Waals surface area contributed by atoms with E-state index >= 15 is 0 Å². The molecule has 3 heterocycles. The highest BCUT2D eigenvalue weighted by atomic mass is 19.1. The first-order valence-electron chi connectivity index (χ1n) is 14.8. The molecule has 230 valence electrons. The van der Waals surface area contributed by atoms with E-state index in [-0.39, 0.29) is 37.4 Å². The summed E-state index contributed by atoms with van der Waals surface area (Å²) >= 11 is 0. The quantitative estimate of drug-likeness (QED) is 0.414. The minimum atomic E-state index is -0.454. The first kappa shape index (κ1) is 30.3. The van der Waals surface area contributed by atoms with Gasteiger partial charge in [0.05, 0.1) is 18.8 Å². The molecule has 0 unspecified atom stereocenters. The Morgan fingerprint density at radius 3 is 2.77 bits per heavy atom. The molecular formula is C32H40FN5O5. The number of nitrogens with one attached hydrogen (secondary N) is 3. The van der Waals surface area contributed by atoms with Crippen molar-refractivity contribution in [3.63, 3.8) is 0 Å². The monoisotopic (exact) mass is 593 g/mol. The Kier molecular flexibility index (Phi) is 9.81. The Morgan fingerprint density at radius 2 is 1.95 bits per heavy atom. The predicted octanol–water partition coefficient (Wildman–Crippen LogP) is 3.54. The highest BCUT2D eigenvalue weighted by Crippen LogP contribution is 2.29. The third-order valence-electron chi connectivity index (χ3n) is 7.61. The summed E-state index contributed by atoms with van der Waals surface area (Å²) < 4.78 is 32.2. The van der Waals surface area contributed by atoms with Crippen LogP contribution in [0.15, 0.2) is 42.5 Å². The second kappa shape index (κ2) is 13.9. The highest BCUT2D eigenvalue weighted by molar-refractivity contribution is 5.78. The number of aromatic nitrogens is 2. The van der Waals surface area contributed by atoms with Crippen molar-refractivity contribution in [2.45, 2.75) is 64.8 Å². The van der Waals surface area contributed by atoms with Crippen LogP contribution in [0.4, 0.5) is 4.39 Å². The molecule has 0 radical (unpaired) electrons. The standard InChI is InChI=1S/C32H40FN5O5/c1-20(2)10-24-15-25(37-36-24)17-38-9-8-28-27(18-38)35-32(40)19-42-30-13-21(4-6-29(30)41-3)5-7-31(39)34-16-22-11-23(33)14-26(12-22)43-28/h4,6,11-15,20,27-28H,5,7-10,16-19H2,1-3H3,(H,34,39)(H,35,40)(H,36,37)/t27-,28-/m1/s1. The van der Waals surface area contributed by atoms with Gasteiger partial charge in [0.1, 0.15) is 17.7 Å².